The van der Waals surface area contributed by atoms with E-state index in [9.17, 15) is 18.0 Å². The predicted octanol–water partition coefficient (Wildman–Crippen LogP) is 5.34. The fourth-order valence-electron chi connectivity index (χ4n) is 6.51. The average molecular weight is 601 g/mol. The van der Waals surface area contributed by atoms with E-state index < -0.39 is 23.2 Å². The number of halogens is 4. The summed E-state index contributed by atoms with van der Waals surface area (Å²) in [7, 11) is 1.87. The third kappa shape index (κ3) is 5.74. The number of rotatable bonds is 8. The first-order valence-electron chi connectivity index (χ1n) is 14.9. The van der Waals surface area contributed by atoms with E-state index in [4.69, 9.17) is 4.74 Å². The quantitative estimate of drug-likeness (QED) is 0.256. The molecule has 2 aliphatic rings. The molecule has 8 nitrogen and oxygen atoms in total. The molecule has 230 valence electrons. The summed E-state index contributed by atoms with van der Waals surface area (Å²) in [5, 5.41) is 8.77. The Hall–Kier alpha value is -3.51. The summed E-state index contributed by atoms with van der Waals surface area (Å²) >= 11 is 0. The summed E-state index contributed by atoms with van der Waals surface area (Å²) in [4.78, 5) is 15.8. The van der Waals surface area contributed by atoms with Crippen molar-refractivity contribution in [2.75, 3.05) is 26.3 Å². The van der Waals surface area contributed by atoms with Crippen molar-refractivity contribution in [1.82, 2.24) is 28.6 Å². The molecule has 0 N–H and O–H groups in total. The maximum atomic E-state index is 15.2. The number of pyridine rings is 1. The first-order valence-corrected chi connectivity index (χ1v) is 14.9. The minimum absolute atomic E-state index is 0.00811. The Morgan fingerprint density at radius 3 is 2.58 bits per heavy atom. The van der Waals surface area contributed by atoms with Gasteiger partial charge in [-0.05, 0) is 67.1 Å². The lowest BCUT2D eigenvalue weighted by Gasteiger charge is -2.33. The first kappa shape index (κ1) is 29.6. The van der Waals surface area contributed by atoms with Gasteiger partial charge in [0.15, 0.2) is 0 Å². The zero-order valence-corrected chi connectivity index (χ0v) is 24.6. The Kier molecular flexibility index (Phi) is 7.93. The minimum atomic E-state index is -4.68. The van der Waals surface area contributed by atoms with Crippen LogP contribution in [0.2, 0.25) is 0 Å². The van der Waals surface area contributed by atoms with E-state index in [-0.39, 0.29) is 23.0 Å². The lowest BCUT2D eigenvalue weighted by atomic mass is 9.83. The van der Waals surface area contributed by atoms with E-state index in [0.29, 0.717) is 42.6 Å². The van der Waals surface area contributed by atoms with Crippen LogP contribution in [0.3, 0.4) is 0 Å². The lowest BCUT2D eigenvalue weighted by molar-refractivity contribution is -0.136. The first-order chi connectivity index (χ1) is 20.5. The molecule has 0 saturated carbocycles. The number of likely N-dealkylation sites (tertiary alicyclic amines) is 1. The average Bonchev–Trinajstić information content (AvgIpc) is 3.44. The molecule has 4 aromatic rings. The van der Waals surface area contributed by atoms with Crippen LogP contribution in [0.25, 0.3) is 11.2 Å². The molecule has 1 unspecified atom stereocenters. The number of hydrogen-bond acceptors (Lipinski definition) is 5. The van der Waals surface area contributed by atoms with Gasteiger partial charge in [-0.3, -0.25) is 13.9 Å². The van der Waals surface area contributed by atoms with Crippen LogP contribution in [-0.4, -0.2) is 54.9 Å². The summed E-state index contributed by atoms with van der Waals surface area (Å²) in [5.41, 5.74) is -0.762. The van der Waals surface area contributed by atoms with Gasteiger partial charge in [0.25, 0.3) is 0 Å². The topological polar surface area (TPSA) is 69.6 Å². The molecule has 0 spiro atoms. The van der Waals surface area contributed by atoms with E-state index in [1.807, 2.05) is 18.5 Å². The number of piperidine rings is 1. The molecule has 3 aromatic heterocycles. The van der Waals surface area contributed by atoms with Crippen molar-refractivity contribution in [2.24, 2.45) is 18.9 Å². The van der Waals surface area contributed by atoms with Crippen LogP contribution in [0, 0.1) is 17.7 Å². The normalized spacial score (nSPS) is 19.2. The SMILES string of the molecule is CCCc1nnc(C(c2cc(F)cc(-n3cc4c(C(F)(F)F)cc(CN5CCC[C@H](C)C5)cn4c3=O)c2)C2COC2)n1C. The molecule has 2 atom stereocenters. The van der Waals surface area contributed by atoms with Gasteiger partial charge in [0.05, 0.1) is 35.9 Å². The summed E-state index contributed by atoms with van der Waals surface area (Å²) in [6, 6.07) is 5.34. The number of benzene rings is 1. The molecule has 1 aromatic carbocycles. The van der Waals surface area contributed by atoms with Crippen molar-refractivity contribution in [3.8, 4) is 5.69 Å². The van der Waals surface area contributed by atoms with Crippen LogP contribution in [0.15, 0.2) is 41.5 Å². The minimum Gasteiger partial charge on any atom is -0.381 e. The lowest BCUT2D eigenvalue weighted by Crippen LogP contribution is -2.35. The monoisotopic (exact) mass is 600 g/mol. The third-order valence-corrected chi connectivity index (χ3v) is 8.70. The van der Waals surface area contributed by atoms with Gasteiger partial charge in [-0.15, -0.1) is 10.2 Å². The fraction of sp³-hybridized carbons (Fsp3) is 0.516. The number of imidazole rings is 1. The largest absolute Gasteiger partial charge is 0.418 e. The number of aromatic nitrogens is 5. The highest BCUT2D eigenvalue weighted by atomic mass is 19.4. The summed E-state index contributed by atoms with van der Waals surface area (Å²) in [5.74, 6) is 0.951. The Morgan fingerprint density at radius 1 is 1.12 bits per heavy atom. The zero-order valence-electron chi connectivity index (χ0n) is 24.6. The van der Waals surface area contributed by atoms with E-state index in [2.05, 4.69) is 22.0 Å². The van der Waals surface area contributed by atoms with Gasteiger partial charge in [0, 0.05) is 44.9 Å². The number of fused-ring (bicyclic) bond motifs is 1. The van der Waals surface area contributed by atoms with Gasteiger partial charge >= 0.3 is 11.9 Å². The highest BCUT2D eigenvalue weighted by Crippen LogP contribution is 2.37. The van der Waals surface area contributed by atoms with Crippen molar-refractivity contribution in [2.45, 2.75) is 58.2 Å². The molecule has 0 aliphatic carbocycles. The highest BCUT2D eigenvalue weighted by molar-refractivity contribution is 5.58. The van der Waals surface area contributed by atoms with Crippen molar-refractivity contribution in [1.29, 1.82) is 0 Å². The molecule has 2 saturated heterocycles. The number of alkyl halides is 3. The van der Waals surface area contributed by atoms with Crippen LogP contribution in [0.5, 0.6) is 0 Å². The molecule has 0 bridgehead atoms. The van der Waals surface area contributed by atoms with Crippen molar-refractivity contribution in [3.05, 3.63) is 81.3 Å². The molecule has 5 heterocycles. The number of ether oxygens (including phenoxy) is 1. The Bertz CT molecular complexity index is 1690. The maximum Gasteiger partial charge on any atom is 0.418 e. The smallest absolute Gasteiger partial charge is 0.381 e. The second-order valence-electron chi connectivity index (χ2n) is 12.1. The van der Waals surface area contributed by atoms with Crippen LogP contribution in [0.1, 0.15) is 67.4 Å². The van der Waals surface area contributed by atoms with Crippen LogP contribution >= 0.6 is 0 Å². The van der Waals surface area contributed by atoms with Crippen LogP contribution in [-0.2, 0) is 30.9 Å². The Labute approximate surface area is 246 Å². The second kappa shape index (κ2) is 11.5. The van der Waals surface area contributed by atoms with Gasteiger partial charge < -0.3 is 9.30 Å². The van der Waals surface area contributed by atoms with Crippen molar-refractivity contribution < 1.29 is 22.3 Å². The third-order valence-electron chi connectivity index (χ3n) is 8.70. The highest BCUT2D eigenvalue weighted by Gasteiger charge is 2.36. The molecule has 6 rings (SSSR count). The second-order valence-corrected chi connectivity index (χ2v) is 12.1. The standard InChI is InChI=1S/C31H36F4N6O2/c1-4-6-27-36-37-29(38(27)3)28(22-17-43-18-22)21-10-23(32)12-24(11-21)40-16-26-25(31(33,34)35)9-20(15-41(26)30(40)42)14-39-8-5-7-19(2)13-39/h9-12,15-16,19,22,28H,4-8,13-14,17-18H2,1-3H3/t19-,28?/m0/s1. The molecule has 12 heteroatoms. The van der Waals surface area contributed by atoms with E-state index in [1.54, 1.807) is 6.07 Å². The van der Waals surface area contributed by atoms with Crippen molar-refractivity contribution in [3.63, 3.8) is 0 Å². The van der Waals surface area contributed by atoms with Gasteiger partial charge in [-0.25, -0.2) is 9.18 Å². The van der Waals surface area contributed by atoms with Gasteiger partial charge in [-0.2, -0.15) is 13.2 Å². The molecule has 43 heavy (non-hydrogen) atoms. The zero-order chi connectivity index (χ0) is 30.5. The molecular weight excluding hydrogens is 564 g/mol. The Balaban J connectivity index is 1.44. The maximum absolute atomic E-state index is 15.2. The summed E-state index contributed by atoms with van der Waals surface area (Å²) < 4.78 is 67.6. The molecule has 2 fully saturated rings. The summed E-state index contributed by atoms with van der Waals surface area (Å²) in [6.07, 6.45) is 1.64. The fourth-order valence-corrected chi connectivity index (χ4v) is 6.51. The van der Waals surface area contributed by atoms with Gasteiger partial charge in [0.2, 0.25) is 0 Å². The van der Waals surface area contributed by atoms with E-state index >= 15 is 4.39 Å². The van der Waals surface area contributed by atoms with Gasteiger partial charge in [0.1, 0.15) is 17.5 Å². The molecular formula is C31H36F4N6O2. The van der Waals surface area contributed by atoms with Crippen molar-refractivity contribution >= 4 is 5.52 Å². The summed E-state index contributed by atoms with van der Waals surface area (Å²) in [6.45, 7) is 6.99. The van der Waals surface area contributed by atoms with Crippen LogP contribution < -0.4 is 5.69 Å². The van der Waals surface area contributed by atoms with Gasteiger partial charge in [-0.1, -0.05) is 13.8 Å². The van der Waals surface area contributed by atoms with Crippen LogP contribution in [0.4, 0.5) is 17.6 Å². The molecule has 0 radical (unpaired) electrons. The molecule has 2 aliphatic heterocycles. The number of nitrogens with zero attached hydrogens (tertiary/aromatic N) is 6. The van der Waals surface area contributed by atoms with E-state index in [1.165, 1.54) is 18.3 Å². The number of aryl methyl sites for hydroxylation is 1. The Morgan fingerprint density at radius 2 is 1.91 bits per heavy atom. The molecule has 0 amide bonds. The predicted molar refractivity (Wildman–Crippen MR) is 153 cm³/mol. The number of hydrogen-bond donors (Lipinski definition) is 0. The van der Waals surface area contributed by atoms with E-state index in [0.717, 1.165) is 65.8 Å².